The van der Waals surface area contributed by atoms with Gasteiger partial charge in [0.1, 0.15) is 0 Å². The van der Waals surface area contributed by atoms with E-state index in [1.54, 1.807) is 0 Å². The second-order valence-electron chi connectivity index (χ2n) is 6.35. The Morgan fingerprint density at radius 2 is 1.92 bits per heavy atom. The Hall–Kier alpha value is -3.05. The van der Waals surface area contributed by atoms with Gasteiger partial charge in [-0.2, -0.15) is 10.2 Å². The van der Waals surface area contributed by atoms with E-state index in [-0.39, 0.29) is 6.17 Å². The Morgan fingerprint density at radius 1 is 1.08 bits per heavy atom. The molecule has 1 aliphatic heterocycles. The minimum Gasteiger partial charge on any atom is -0.359 e. The SMILES string of the molecule is Cc1nn(-c2ccccc2)cc1C1Nc2cc(Cl)ccc2-c2ccnn21. The summed E-state index contributed by atoms with van der Waals surface area (Å²) in [6.45, 7) is 2.02. The van der Waals surface area contributed by atoms with Crippen LogP contribution in [0.3, 0.4) is 0 Å². The average Bonchev–Trinajstić information content (AvgIpc) is 3.28. The normalized spacial score (nSPS) is 15.2. The third-order valence-corrected chi connectivity index (χ3v) is 4.95. The van der Waals surface area contributed by atoms with Crippen LogP contribution in [0.25, 0.3) is 16.9 Å². The zero-order chi connectivity index (χ0) is 17.7. The largest absolute Gasteiger partial charge is 0.359 e. The van der Waals surface area contributed by atoms with Crippen LogP contribution in [0.1, 0.15) is 17.4 Å². The highest BCUT2D eigenvalue weighted by atomic mass is 35.5. The van der Waals surface area contributed by atoms with E-state index in [0.717, 1.165) is 33.9 Å². The fourth-order valence-electron chi connectivity index (χ4n) is 3.47. The molecule has 1 aliphatic rings. The highest BCUT2D eigenvalue weighted by Crippen LogP contribution is 2.39. The van der Waals surface area contributed by atoms with Crippen LogP contribution in [-0.4, -0.2) is 19.6 Å². The smallest absolute Gasteiger partial charge is 0.150 e. The maximum absolute atomic E-state index is 6.21. The zero-order valence-corrected chi connectivity index (χ0v) is 14.9. The molecule has 6 heteroatoms. The third-order valence-electron chi connectivity index (χ3n) is 4.72. The van der Waals surface area contributed by atoms with Crippen molar-refractivity contribution in [3.8, 4) is 16.9 Å². The molecule has 2 aromatic heterocycles. The number of benzene rings is 2. The molecule has 1 atom stereocenters. The van der Waals surface area contributed by atoms with E-state index in [9.17, 15) is 0 Å². The standard InChI is InChI=1S/C20H16ClN5/c1-13-17(12-25(24-13)15-5-3-2-4-6-15)20-23-18-11-14(21)7-8-16(18)19-9-10-22-26(19)20/h2-12,20,23H,1H3. The summed E-state index contributed by atoms with van der Waals surface area (Å²) in [7, 11) is 0. The molecule has 0 amide bonds. The van der Waals surface area contributed by atoms with Crippen molar-refractivity contribution in [1.82, 2.24) is 19.6 Å². The van der Waals surface area contributed by atoms with Gasteiger partial charge in [-0.3, -0.25) is 0 Å². The fourth-order valence-corrected chi connectivity index (χ4v) is 3.64. The Balaban J connectivity index is 1.63. The van der Waals surface area contributed by atoms with Gasteiger partial charge in [-0.15, -0.1) is 0 Å². The van der Waals surface area contributed by atoms with Crippen LogP contribution in [0.2, 0.25) is 5.02 Å². The summed E-state index contributed by atoms with van der Waals surface area (Å²) in [6.07, 6.45) is 3.75. The topological polar surface area (TPSA) is 47.7 Å². The quantitative estimate of drug-likeness (QED) is 0.564. The van der Waals surface area contributed by atoms with Crippen molar-refractivity contribution in [1.29, 1.82) is 0 Å². The van der Waals surface area contributed by atoms with Crippen molar-refractivity contribution in [3.63, 3.8) is 0 Å². The molecule has 0 saturated heterocycles. The molecule has 0 spiro atoms. The van der Waals surface area contributed by atoms with Gasteiger partial charge in [-0.1, -0.05) is 29.8 Å². The van der Waals surface area contributed by atoms with Crippen LogP contribution >= 0.6 is 11.6 Å². The summed E-state index contributed by atoms with van der Waals surface area (Å²) in [6, 6.07) is 18.0. The number of hydrogen-bond donors (Lipinski definition) is 1. The third kappa shape index (κ3) is 2.32. The Morgan fingerprint density at radius 3 is 2.77 bits per heavy atom. The van der Waals surface area contributed by atoms with Gasteiger partial charge < -0.3 is 5.32 Å². The van der Waals surface area contributed by atoms with Crippen molar-refractivity contribution in [3.05, 3.63) is 83.3 Å². The van der Waals surface area contributed by atoms with E-state index in [2.05, 4.69) is 16.6 Å². The number of nitrogens with one attached hydrogen (secondary N) is 1. The number of aryl methyl sites for hydroxylation is 1. The monoisotopic (exact) mass is 361 g/mol. The summed E-state index contributed by atoms with van der Waals surface area (Å²) in [5, 5.41) is 13.5. The van der Waals surface area contributed by atoms with Gasteiger partial charge in [-0.05, 0) is 43.3 Å². The molecular formula is C20H16ClN5. The zero-order valence-electron chi connectivity index (χ0n) is 14.1. The molecule has 1 N–H and O–H groups in total. The van der Waals surface area contributed by atoms with Crippen LogP contribution < -0.4 is 5.32 Å². The predicted molar refractivity (Wildman–Crippen MR) is 103 cm³/mol. The molecule has 0 fully saturated rings. The first-order valence-electron chi connectivity index (χ1n) is 8.42. The number of aromatic nitrogens is 4. The van der Waals surface area contributed by atoms with E-state index in [4.69, 9.17) is 16.7 Å². The molecule has 0 radical (unpaired) electrons. The first kappa shape index (κ1) is 15.2. The van der Waals surface area contributed by atoms with E-state index < -0.39 is 0 Å². The number of hydrogen-bond acceptors (Lipinski definition) is 3. The van der Waals surface area contributed by atoms with Gasteiger partial charge in [-0.25, -0.2) is 9.36 Å². The molecule has 0 saturated carbocycles. The Bertz CT molecular complexity index is 1100. The Labute approximate surface area is 155 Å². The van der Waals surface area contributed by atoms with Gasteiger partial charge in [0.05, 0.1) is 17.1 Å². The molecule has 1 unspecified atom stereocenters. The predicted octanol–water partition coefficient (Wildman–Crippen LogP) is 4.67. The molecule has 3 heterocycles. The fraction of sp³-hybridized carbons (Fsp3) is 0.100. The summed E-state index contributed by atoms with van der Waals surface area (Å²) >= 11 is 6.21. The molecule has 2 aromatic carbocycles. The lowest BCUT2D eigenvalue weighted by Crippen LogP contribution is -2.25. The maximum atomic E-state index is 6.21. The number of nitrogens with zero attached hydrogens (tertiary/aromatic N) is 4. The summed E-state index contributed by atoms with van der Waals surface area (Å²) in [4.78, 5) is 0. The van der Waals surface area contributed by atoms with Crippen LogP contribution in [0, 0.1) is 6.92 Å². The molecule has 0 bridgehead atoms. The highest BCUT2D eigenvalue weighted by Gasteiger charge is 2.28. The van der Waals surface area contributed by atoms with Crippen molar-refractivity contribution in [2.75, 3.05) is 5.32 Å². The molecule has 128 valence electrons. The van der Waals surface area contributed by atoms with Crippen molar-refractivity contribution in [2.24, 2.45) is 0 Å². The lowest BCUT2D eigenvalue weighted by atomic mass is 10.0. The van der Waals surface area contributed by atoms with E-state index >= 15 is 0 Å². The number of fused-ring (bicyclic) bond motifs is 3. The van der Waals surface area contributed by atoms with Crippen molar-refractivity contribution in [2.45, 2.75) is 13.1 Å². The minimum absolute atomic E-state index is 0.136. The van der Waals surface area contributed by atoms with E-state index in [1.807, 2.05) is 77.1 Å². The molecule has 0 aliphatic carbocycles. The average molecular weight is 362 g/mol. The lowest BCUT2D eigenvalue weighted by Gasteiger charge is -2.28. The van der Waals surface area contributed by atoms with Crippen LogP contribution in [-0.2, 0) is 0 Å². The van der Waals surface area contributed by atoms with Gasteiger partial charge in [0.15, 0.2) is 6.17 Å². The van der Waals surface area contributed by atoms with Crippen LogP contribution in [0.5, 0.6) is 0 Å². The second-order valence-corrected chi connectivity index (χ2v) is 6.78. The second kappa shape index (κ2) is 5.75. The summed E-state index contributed by atoms with van der Waals surface area (Å²) in [5.74, 6) is 0. The van der Waals surface area contributed by atoms with E-state index in [1.165, 1.54) is 0 Å². The minimum atomic E-state index is -0.136. The van der Waals surface area contributed by atoms with Gasteiger partial charge in [0, 0.05) is 34.2 Å². The van der Waals surface area contributed by atoms with Crippen LogP contribution in [0.4, 0.5) is 5.69 Å². The number of anilines is 1. The summed E-state index contributed by atoms with van der Waals surface area (Å²) in [5.41, 5.74) is 6.22. The van der Waals surface area contributed by atoms with Gasteiger partial charge in [0.25, 0.3) is 0 Å². The number of halogens is 1. The summed E-state index contributed by atoms with van der Waals surface area (Å²) < 4.78 is 3.90. The van der Waals surface area contributed by atoms with Crippen molar-refractivity contribution >= 4 is 17.3 Å². The molecule has 5 nitrogen and oxygen atoms in total. The van der Waals surface area contributed by atoms with Crippen LogP contribution in [0.15, 0.2) is 67.0 Å². The first-order valence-corrected chi connectivity index (χ1v) is 8.80. The molecule has 4 aromatic rings. The van der Waals surface area contributed by atoms with Crippen molar-refractivity contribution < 1.29 is 0 Å². The molecule has 5 rings (SSSR count). The van der Waals surface area contributed by atoms with E-state index in [0.29, 0.717) is 5.02 Å². The highest BCUT2D eigenvalue weighted by molar-refractivity contribution is 6.31. The molecular weight excluding hydrogens is 346 g/mol. The number of para-hydroxylation sites is 1. The van der Waals surface area contributed by atoms with Gasteiger partial charge in [0.2, 0.25) is 0 Å². The first-order chi connectivity index (χ1) is 12.7. The Kier molecular flexibility index (Phi) is 3.36. The number of rotatable bonds is 2. The molecule has 26 heavy (non-hydrogen) atoms. The lowest BCUT2D eigenvalue weighted by molar-refractivity contribution is 0.573. The maximum Gasteiger partial charge on any atom is 0.150 e. The van der Waals surface area contributed by atoms with Gasteiger partial charge >= 0.3 is 0 Å².